The lowest BCUT2D eigenvalue weighted by molar-refractivity contribution is 0.0949. The molecule has 0 unspecified atom stereocenters. The Kier molecular flexibility index (Phi) is 5.96. The van der Waals surface area contributed by atoms with Gasteiger partial charge in [0.2, 0.25) is 0 Å². The largest absolute Gasteiger partial charge is 0.496 e. The maximum Gasteiger partial charge on any atom is 0.258 e. The molecule has 0 saturated heterocycles. The van der Waals surface area contributed by atoms with Crippen LogP contribution in [0, 0.1) is 6.92 Å². The molecule has 7 nitrogen and oxygen atoms in total. The highest BCUT2D eigenvalue weighted by Gasteiger charge is 2.18. The van der Waals surface area contributed by atoms with E-state index in [0.717, 1.165) is 16.6 Å². The van der Waals surface area contributed by atoms with Gasteiger partial charge in [0.05, 0.1) is 18.2 Å². The number of anilines is 1. The number of fused-ring (bicyclic) bond motifs is 1. The lowest BCUT2D eigenvalue weighted by Crippen LogP contribution is -2.26. The fraction of sp³-hybridized carbons (Fsp3) is 0.238. The SMILES string of the molecule is COc1ccc(NC(=O)c2c(C)[nH]c3ccccc23)cc1C(=O)NCCCN. The maximum atomic E-state index is 12.9. The Morgan fingerprint density at radius 3 is 2.68 bits per heavy atom. The van der Waals surface area contributed by atoms with Gasteiger partial charge in [-0.3, -0.25) is 9.59 Å². The molecule has 1 heterocycles. The van der Waals surface area contributed by atoms with Gasteiger partial charge in [0, 0.05) is 28.8 Å². The van der Waals surface area contributed by atoms with Crippen molar-refractivity contribution < 1.29 is 14.3 Å². The van der Waals surface area contributed by atoms with Crippen molar-refractivity contribution in [3.63, 3.8) is 0 Å². The second-order valence-corrected chi connectivity index (χ2v) is 6.44. The molecule has 3 rings (SSSR count). The van der Waals surface area contributed by atoms with Gasteiger partial charge < -0.3 is 26.1 Å². The first kappa shape index (κ1) is 19.4. The third-order valence-corrected chi connectivity index (χ3v) is 4.49. The molecule has 3 aromatic rings. The number of H-pyrrole nitrogens is 1. The standard InChI is InChI=1S/C21H24N4O3/c1-13-19(15-6-3-4-7-17(15)24-13)21(27)25-14-8-9-18(28-2)16(12-14)20(26)23-11-5-10-22/h3-4,6-9,12,24H,5,10-11,22H2,1-2H3,(H,23,26)(H,25,27). The zero-order chi connectivity index (χ0) is 20.1. The van der Waals surface area contributed by atoms with E-state index in [1.54, 1.807) is 18.2 Å². The molecule has 0 fully saturated rings. The van der Waals surface area contributed by atoms with E-state index < -0.39 is 0 Å². The number of aromatic nitrogens is 1. The first-order chi connectivity index (χ1) is 13.5. The number of carbonyl (C=O) groups is 2. The van der Waals surface area contributed by atoms with Crippen molar-refractivity contribution in [2.24, 2.45) is 5.73 Å². The van der Waals surface area contributed by atoms with Crippen molar-refractivity contribution >= 4 is 28.4 Å². The summed E-state index contributed by atoms with van der Waals surface area (Å²) in [5.41, 5.74) is 8.60. The Labute approximate surface area is 163 Å². The van der Waals surface area contributed by atoms with E-state index in [4.69, 9.17) is 10.5 Å². The third kappa shape index (κ3) is 3.99. The zero-order valence-electron chi connectivity index (χ0n) is 16.0. The lowest BCUT2D eigenvalue weighted by atomic mass is 10.1. The van der Waals surface area contributed by atoms with Crippen LogP contribution < -0.4 is 21.1 Å². The summed E-state index contributed by atoms with van der Waals surface area (Å²) in [5.74, 6) is -0.0780. The van der Waals surface area contributed by atoms with Crippen LogP contribution in [0.2, 0.25) is 0 Å². The van der Waals surface area contributed by atoms with Gasteiger partial charge >= 0.3 is 0 Å². The maximum absolute atomic E-state index is 12.9. The average Bonchev–Trinajstić information content (AvgIpc) is 3.03. The summed E-state index contributed by atoms with van der Waals surface area (Å²) in [5, 5.41) is 6.53. The molecule has 0 spiro atoms. The molecule has 7 heteroatoms. The fourth-order valence-corrected chi connectivity index (χ4v) is 3.13. The molecule has 0 aliphatic heterocycles. The number of para-hydroxylation sites is 1. The number of hydrogen-bond acceptors (Lipinski definition) is 4. The molecule has 0 atom stereocenters. The molecule has 0 aliphatic carbocycles. The second-order valence-electron chi connectivity index (χ2n) is 6.44. The van der Waals surface area contributed by atoms with Crippen molar-refractivity contribution in [3.8, 4) is 5.75 Å². The Bertz CT molecular complexity index is 1010. The van der Waals surface area contributed by atoms with Crippen LogP contribution in [0.5, 0.6) is 5.75 Å². The molecular formula is C21H24N4O3. The molecule has 2 aromatic carbocycles. The molecule has 0 saturated carbocycles. The van der Waals surface area contributed by atoms with E-state index in [-0.39, 0.29) is 11.8 Å². The van der Waals surface area contributed by atoms with E-state index >= 15 is 0 Å². The Morgan fingerprint density at radius 1 is 1.14 bits per heavy atom. The topological polar surface area (TPSA) is 109 Å². The molecule has 0 aliphatic rings. The minimum atomic E-state index is -0.273. The average molecular weight is 380 g/mol. The number of hydrogen-bond donors (Lipinski definition) is 4. The van der Waals surface area contributed by atoms with Crippen LogP contribution in [0.25, 0.3) is 10.9 Å². The normalized spacial score (nSPS) is 10.7. The Morgan fingerprint density at radius 2 is 1.93 bits per heavy atom. The number of methoxy groups -OCH3 is 1. The minimum Gasteiger partial charge on any atom is -0.496 e. The number of aromatic amines is 1. The summed E-state index contributed by atoms with van der Waals surface area (Å²) in [4.78, 5) is 28.5. The highest BCUT2D eigenvalue weighted by molar-refractivity contribution is 6.14. The van der Waals surface area contributed by atoms with Crippen LogP contribution in [-0.2, 0) is 0 Å². The predicted molar refractivity (Wildman–Crippen MR) is 110 cm³/mol. The van der Waals surface area contributed by atoms with Gasteiger partial charge in [-0.25, -0.2) is 0 Å². The molecule has 5 N–H and O–H groups in total. The van der Waals surface area contributed by atoms with Gasteiger partial charge in [0.1, 0.15) is 5.75 Å². The van der Waals surface area contributed by atoms with Crippen LogP contribution in [0.15, 0.2) is 42.5 Å². The van der Waals surface area contributed by atoms with Gasteiger partial charge in [0.15, 0.2) is 0 Å². The number of aryl methyl sites for hydroxylation is 1. The third-order valence-electron chi connectivity index (χ3n) is 4.49. The molecule has 0 radical (unpaired) electrons. The van der Waals surface area contributed by atoms with E-state index in [9.17, 15) is 9.59 Å². The number of rotatable bonds is 7. The number of nitrogens with two attached hydrogens (primary N) is 1. The fourth-order valence-electron chi connectivity index (χ4n) is 3.13. The Balaban J connectivity index is 1.85. The quantitative estimate of drug-likeness (QED) is 0.473. The van der Waals surface area contributed by atoms with Gasteiger partial charge in [-0.2, -0.15) is 0 Å². The molecule has 146 valence electrons. The summed E-state index contributed by atoms with van der Waals surface area (Å²) in [6.07, 6.45) is 0.685. The van der Waals surface area contributed by atoms with Crippen LogP contribution in [0.4, 0.5) is 5.69 Å². The smallest absolute Gasteiger partial charge is 0.258 e. The van der Waals surface area contributed by atoms with Crippen molar-refractivity contribution in [2.75, 3.05) is 25.5 Å². The molecular weight excluding hydrogens is 356 g/mol. The highest BCUT2D eigenvalue weighted by atomic mass is 16.5. The summed E-state index contributed by atoms with van der Waals surface area (Å²) >= 11 is 0. The number of nitrogens with one attached hydrogen (secondary N) is 3. The summed E-state index contributed by atoms with van der Waals surface area (Å²) in [6, 6.07) is 12.6. The summed E-state index contributed by atoms with van der Waals surface area (Å²) in [6.45, 7) is 2.83. The molecule has 0 bridgehead atoms. The second kappa shape index (κ2) is 8.58. The van der Waals surface area contributed by atoms with Crippen molar-refractivity contribution in [3.05, 3.63) is 59.3 Å². The van der Waals surface area contributed by atoms with Gasteiger partial charge in [0.25, 0.3) is 11.8 Å². The van der Waals surface area contributed by atoms with Gasteiger partial charge in [-0.05, 0) is 44.2 Å². The molecule has 28 heavy (non-hydrogen) atoms. The summed E-state index contributed by atoms with van der Waals surface area (Å²) < 4.78 is 5.28. The van der Waals surface area contributed by atoms with Crippen LogP contribution >= 0.6 is 0 Å². The van der Waals surface area contributed by atoms with E-state index in [2.05, 4.69) is 15.6 Å². The summed E-state index contributed by atoms with van der Waals surface area (Å²) in [7, 11) is 1.50. The van der Waals surface area contributed by atoms with Gasteiger partial charge in [-0.15, -0.1) is 0 Å². The van der Waals surface area contributed by atoms with Crippen molar-refractivity contribution in [1.82, 2.24) is 10.3 Å². The van der Waals surface area contributed by atoms with E-state index in [0.29, 0.717) is 42.1 Å². The van der Waals surface area contributed by atoms with E-state index in [1.165, 1.54) is 7.11 Å². The van der Waals surface area contributed by atoms with Crippen LogP contribution in [0.1, 0.15) is 32.8 Å². The van der Waals surface area contributed by atoms with Crippen LogP contribution in [-0.4, -0.2) is 37.0 Å². The monoisotopic (exact) mass is 380 g/mol. The molecule has 2 amide bonds. The predicted octanol–water partition coefficient (Wildman–Crippen LogP) is 2.82. The number of benzene rings is 2. The number of ether oxygens (including phenoxy) is 1. The lowest BCUT2D eigenvalue weighted by Gasteiger charge is -2.12. The Hall–Kier alpha value is -3.32. The van der Waals surface area contributed by atoms with E-state index in [1.807, 2.05) is 31.2 Å². The minimum absolute atomic E-state index is 0.241. The number of carbonyl (C=O) groups excluding carboxylic acids is 2. The first-order valence-corrected chi connectivity index (χ1v) is 9.10. The van der Waals surface area contributed by atoms with Crippen molar-refractivity contribution in [1.29, 1.82) is 0 Å². The number of amides is 2. The highest BCUT2D eigenvalue weighted by Crippen LogP contribution is 2.26. The first-order valence-electron chi connectivity index (χ1n) is 9.10. The van der Waals surface area contributed by atoms with Crippen molar-refractivity contribution in [2.45, 2.75) is 13.3 Å². The van der Waals surface area contributed by atoms with Crippen LogP contribution in [0.3, 0.4) is 0 Å². The molecule has 1 aromatic heterocycles. The van der Waals surface area contributed by atoms with Gasteiger partial charge in [-0.1, -0.05) is 18.2 Å². The zero-order valence-corrected chi connectivity index (χ0v) is 16.0.